The van der Waals surface area contributed by atoms with Crippen LogP contribution in [0.5, 0.6) is 0 Å². The van der Waals surface area contributed by atoms with E-state index in [2.05, 4.69) is 16.8 Å². The number of fused-ring (bicyclic) bond motifs is 2. The molecule has 2 unspecified atom stereocenters. The number of amides is 1. The molecule has 0 spiro atoms. The molecule has 0 saturated carbocycles. The van der Waals surface area contributed by atoms with Crippen LogP contribution in [0.3, 0.4) is 0 Å². The van der Waals surface area contributed by atoms with Crippen LogP contribution >= 0.6 is 0 Å². The normalized spacial score (nSPS) is 31.0. The van der Waals surface area contributed by atoms with Gasteiger partial charge < -0.3 is 9.64 Å². The zero-order chi connectivity index (χ0) is 15.8. The molecule has 0 N–H and O–H groups in total. The fourth-order valence-electron chi connectivity index (χ4n) is 4.14. The Bertz CT molecular complexity index is 553. The summed E-state index contributed by atoms with van der Waals surface area (Å²) < 4.78 is 5.45. The molecule has 2 bridgehead atoms. The minimum Gasteiger partial charge on any atom is -0.445 e. The summed E-state index contributed by atoms with van der Waals surface area (Å²) in [5.41, 5.74) is 1.04. The average Bonchev–Trinajstić information content (AvgIpc) is 3.10. The van der Waals surface area contributed by atoms with Crippen molar-refractivity contribution in [3.05, 3.63) is 35.9 Å². The third-order valence-electron chi connectivity index (χ3n) is 5.73. The minimum atomic E-state index is -0.171. The van der Waals surface area contributed by atoms with Crippen LogP contribution in [-0.4, -0.2) is 72.1 Å². The van der Waals surface area contributed by atoms with Gasteiger partial charge in [0.25, 0.3) is 0 Å². The number of carbonyl (C=O) groups excluding carboxylic acids is 1. The zero-order valence-electron chi connectivity index (χ0n) is 13.7. The number of likely N-dealkylation sites (tertiary alicyclic amines) is 1. The third-order valence-corrected chi connectivity index (χ3v) is 5.73. The monoisotopic (exact) mass is 315 g/mol. The van der Waals surface area contributed by atoms with Gasteiger partial charge in [-0.25, -0.2) is 4.79 Å². The lowest BCUT2D eigenvalue weighted by atomic mass is 9.87. The van der Waals surface area contributed by atoms with Gasteiger partial charge in [-0.15, -0.1) is 0 Å². The molecule has 0 radical (unpaired) electrons. The fourth-order valence-corrected chi connectivity index (χ4v) is 4.14. The van der Waals surface area contributed by atoms with Crippen LogP contribution in [0.4, 0.5) is 4.79 Å². The highest BCUT2D eigenvalue weighted by Crippen LogP contribution is 2.32. The SMILES string of the molecule is CN1C2CC1CN([C@@H]1CCN(C(=O)OCc3ccccc3)C1)C2. The lowest BCUT2D eigenvalue weighted by molar-refractivity contribution is -0.0635. The van der Waals surface area contributed by atoms with Crippen LogP contribution < -0.4 is 0 Å². The Kier molecular flexibility index (Phi) is 3.99. The maximum absolute atomic E-state index is 12.2. The fraction of sp³-hybridized carbons (Fsp3) is 0.611. The molecule has 0 aromatic heterocycles. The Hall–Kier alpha value is -1.59. The second-order valence-electron chi connectivity index (χ2n) is 7.09. The van der Waals surface area contributed by atoms with Crippen LogP contribution in [-0.2, 0) is 11.3 Å². The summed E-state index contributed by atoms with van der Waals surface area (Å²) in [6.45, 7) is 4.31. The van der Waals surface area contributed by atoms with Gasteiger partial charge in [-0.2, -0.15) is 0 Å². The number of nitrogens with zero attached hydrogens (tertiary/aromatic N) is 3. The number of benzene rings is 1. The Morgan fingerprint density at radius 2 is 1.87 bits per heavy atom. The first kappa shape index (κ1) is 15.0. The number of hydrogen-bond donors (Lipinski definition) is 0. The molecule has 5 heteroatoms. The number of hydrogen-bond acceptors (Lipinski definition) is 4. The van der Waals surface area contributed by atoms with Crippen molar-refractivity contribution < 1.29 is 9.53 Å². The summed E-state index contributed by atoms with van der Waals surface area (Å²) in [4.78, 5) is 19.2. The van der Waals surface area contributed by atoms with E-state index in [0.717, 1.165) is 50.2 Å². The van der Waals surface area contributed by atoms with Crippen molar-refractivity contribution in [2.75, 3.05) is 33.2 Å². The largest absolute Gasteiger partial charge is 0.445 e. The maximum atomic E-state index is 12.2. The molecule has 4 saturated heterocycles. The van der Waals surface area contributed by atoms with Crippen LogP contribution in [0.25, 0.3) is 0 Å². The van der Waals surface area contributed by atoms with Gasteiger partial charge in [-0.3, -0.25) is 9.80 Å². The first-order valence-corrected chi connectivity index (χ1v) is 8.62. The van der Waals surface area contributed by atoms with E-state index in [4.69, 9.17) is 4.74 Å². The van der Waals surface area contributed by atoms with Gasteiger partial charge in [0.1, 0.15) is 6.61 Å². The van der Waals surface area contributed by atoms with Gasteiger partial charge >= 0.3 is 6.09 Å². The molecule has 1 aromatic carbocycles. The van der Waals surface area contributed by atoms with Crippen molar-refractivity contribution in [1.29, 1.82) is 0 Å². The van der Waals surface area contributed by atoms with E-state index in [1.165, 1.54) is 6.42 Å². The van der Waals surface area contributed by atoms with Crippen LogP contribution in [0.1, 0.15) is 18.4 Å². The number of likely N-dealkylation sites (N-methyl/N-ethyl adjacent to an activating group) is 1. The van der Waals surface area contributed by atoms with Gasteiger partial charge in [-0.1, -0.05) is 30.3 Å². The minimum absolute atomic E-state index is 0.171. The first-order chi connectivity index (χ1) is 11.2. The summed E-state index contributed by atoms with van der Waals surface area (Å²) in [5, 5.41) is 0. The summed E-state index contributed by atoms with van der Waals surface area (Å²) in [6, 6.07) is 11.8. The Labute approximate surface area is 137 Å². The maximum Gasteiger partial charge on any atom is 0.410 e. The molecule has 4 heterocycles. The van der Waals surface area contributed by atoms with Crippen molar-refractivity contribution >= 4 is 6.09 Å². The van der Waals surface area contributed by atoms with Gasteiger partial charge in [0.05, 0.1) is 0 Å². The summed E-state index contributed by atoms with van der Waals surface area (Å²) >= 11 is 0. The van der Waals surface area contributed by atoms with E-state index in [1.807, 2.05) is 35.2 Å². The lowest BCUT2D eigenvalue weighted by Gasteiger charge is -2.56. The highest BCUT2D eigenvalue weighted by atomic mass is 16.6. The van der Waals surface area contributed by atoms with Gasteiger partial charge in [0.2, 0.25) is 0 Å². The van der Waals surface area contributed by atoms with Crippen molar-refractivity contribution in [1.82, 2.24) is 14.7 Å². The standard InChI is InChI=1S/C18H25N3O2/c1-19-16-9-17(19)12-21(11-16)15-7-8-20(10-15)18(22)23-13-14-5-3-2-4-6-14/h2-6,15-17H,7-13H2,1H3/t15-,16?,17?/m1/s1. The Morgan fingerprint density at radius 3 is 2.57 bits per heavy atom. The number of piperidine rings is 1. The van der Waals surface area contributed by atoms with Crippen molar-refractivity contribution in [2.45, 2.75) is 37.6 Å². The number of carbonyl (C=O) groups is 1. The van der Waals surface area contributed by atoms with E-state index in [0.29, 0.717) is 12.6 Å². The molecule has 5 rings (SSSR count). The van der Waals surface area contributed by atoms with Gasteiger partial charge in [0.15, 0.2) is 0 Å². The highest BCUT2D eigenvalue weighted by Gasteiger charge is 2.45. The average molecular weight is 315 g/mol. The molecular weight excluding hydrogens is 290 g/mol. The zero-order valence-corrected chi connectivity index (χ0v) is 13.7. The third kappa shape index (κ3) is 2.95. The van der Waals surface area contributed by atoms with E-state index in [1.54, 1.807) is 0 Å². The predicted octanol–water partition coefficient (Wildman–Crippen LogP) is 1.79. The molecule has 23 heavy (non-hydrogen) atoms. The van der Waals surface area contributed by atoms with Crippen molar-refractivity contribution in [3.8, 4) is 0 Å². The molecule has 5 nitrogen and oxygen atoms in total. The highest BCUT2D eigenvalue weighted by molar-refractivity contribution is 5.68. The predicted molar refractivity (Wildman–Crippen MR) is 88.1 cm³/mol. The number of ether oxygens (including phenoxy) is 1. The quantitative estimate of drug-likeness (QED) is 0.852. The number of piperazine rings is 1. The van der Waals surface area contributed by atoms with E-state index in [9.17, 15) is 4.79 Å². The molecule has 1 aromatic rings. The molecular formula is C18H25N3O2. The molecule has 4 aliphatic rings. The molecule has 3 atom stereocenters. The first-order valence-electron chi connectivity index (χ1n) is 8.62. The number of rotatable bonds is 3. The van der Waals surface area contributed by atoms with E-state index < -0.39 is 0 Å². The summed E-state index contributed by atoms with van der Waals surface area (Å²) in [7, 11) is 2.23. The van der Waals surface area contributed by atoms with Crippen LogP contribution in [0.15, 0.2) is 30.3 Å². The van der Waals surface area contributed by atoms with Crippen LogP contribution in [0.2, 0.25) is 0 Å². The van der Waals surface area contributed by atoms with Crippen LogP contribution in [0, 0.1) is 0 Å². The molecule has 124 valence electrons. The molecule has 4 fully saturated rings. The van der Waals surface area contributed by atoms with Crippen molar-refractivity contribution in [3.63, 3.8) is 0 Å². The molecule has 4 aliphatic heterocycles. The topological polar surface area (TPSA) is 36.0 Å². The van der Waals surface area contributed by atoms with E-state index in [-0.39, 0.29) is 6.09 Å². The molecule has 1 amide bonds. The summed E-state index contributed by atoms with van der Waals surface area (Å²) in [6.07, 6.45) is 2.25. The second kappa shape index (κ2) is 6.13. The summed E-state index contributed by atoms with van der Waals surface area (Å²) in [5.74, 6) is 0. The lowest BCUT2D eigenvalue weighted by Crippen LogP contribution is -2.68. The molecule has 0 aliphatic carbocycles. The Balaban J connectivity index is 1.26. The van der Waals surface area contributed by atoms with E-state index >= 15 is 0 Å². The van der Waals surface area contributed by atoms with Crippen molar-refractivity contribution in [2.24, 2.45) is 0 Å². The van der Waals surface area contributed by atoms with Gasteiger partial charge in [0, 0.05) is 44.3 Å². The smallest absolute Gasteiger partial charge is 0.410 e. The second-order valence-corrected chi connectivity index (χ2v) is 7.09. The Morgan fingerprint density at radius 1 is 1.13 bits per heavy atom. The van der Waals surface area contributed by atoms with Gasteiger partial charge in [-0.05, 0) is 25.5 Å².